The van der Waals surface area contributed by atoms with Crippen molar-refractivity contribution >= 4 is 23.3 Å². The Morgan fingerprint density at radius 1 is 1.05 bits per heavy atom. The van der Waals surface area contributed by atoms with Gasteiger partial charge in [0, 0.05) is 0 Å². The van der Waals surface area contributed by atoms with Crippen LogP contribution in [0.2, 0.25) is 0 Å². The topological polar surface area (TPSA) is 64.3 Å². The Labute approximate surface area is 122 Å². The lowest BCUT2D eigenvalue weighted by atomic mass is 10.1. The summed E-state index contributed by atoms with van der Waals surface area (Å²) in [5, 5.41) is 2.65. The number of para-hydroxylation sites is 1. The summed E-state index contributed by atoms with van der Waals surface area (Å²) >= 11 is 4.99. The maximum absolute atomic E-state index is 11.9. The van der Waals surface area contributed by atoms with E-state index in [2.05, 4.69) is 5.32 Å². The number of carbonyl (C=O) groups excluding carboxylic acids is 1. The number of carbonyl (C=O) groups is 1. The minimum absolute atomic E-state index is 0.182. The lowest BCUT2D eigenvalue weighted by Gasteiger charge is -2.17. The minimum atomic E-state index is -0.599. The predicted molar refractivity (Wildman–Crippen MR) is 81.6 cm³/mol. The first kappa shape index (κ1) is 14.0. The fourth-order valence-electron chi connectivity index (χ4n) is 1.71. The molecule has 3 N–H and O–H groups in total. The quantitative estimate of drug-likeness (QED) is 0.848. The summed E-state index contributed by atoms with van der Waals surface area (Å²) in [6.45, 7) is 0. The van der Waals surface area contributed by atoms with E-state index in [0.29, 0.717) is 5.75 Å². The van der Waals surface area contributed by atoms with Gasteiger partial charge in [0.25, 0.3) is 0 Å². The van der Waals surface area contributed by atoms with Crippen LogP contribution in [0.3, 0.4) is 0 Å². The van der Waals surface area contributed by atoms with Crippen LogP contribution in [0.4, 0.5) is 4.79 Å². The molecule has 1 amide bonds. The smallest absolute Gasteiger partial charge is 0.410 e. The molecule has 2 aromatic carbocycles. The molecule has 0 heterocycles. The second-order valence-corrected chi connectivity index (χ2v) is 4.56. The van der Waals surface area contributed by atoms with Crippen molar-refractivity contribution in [2.45, 2.75) is 6.04 Å². The average molecular weight is 286 g/mol. The zero-order valence-electron chi connectivity index (χ0n) is 10.7. The highest BCUT2D eigenvalue weighted by Gasteiger charge is 2.18. The van der Waals surface area contributed by atoms with Gasteiger partial charge in [0.1, 0.15) is 16.8 Å². The van der Waals surface area contributed by atoms with Crippen LogP contribution in [0.1, 0.15) is 11.6 Å². The lowest BCUT2D eigenvalue weighted by Crippen LogP contribution is -2.38. The third-order valence-corrected chi connectivity index (χ3v) is 2.87. The van der Waals surface area contributed by atoms with E-state index in [-0.39, 0.29) is 4.99 Å². The third-order valence-electron chi connectivity index (χ3n) is 2.63. The number of ether oxygens (including phenoxy) is 1. The van der Waals surface area contributed by atoms with Gasteiger partial charge in [-0.1, -0.05) is 60.7 Å². The monoisotopic (exact) mass is 286 g/mol. The van der Waals surface area contributed by atoms with E-state index >= 15 is 0 Å². The van der Waals surface area contributed by atoms with E-state index in [1.54, 1.807) is 24.3 Å². The van der Waals surface area contributed by atoms with E-state index in [1.807, 2.05) is 36.4 Å². The van der Waals surface area contributed by atoms with E-state index in [1.165, 1.54) is 0 Å². The summed E-state index contributed by atoms with van der Waals surface area (Å²) in [6, 6.07) is 17.5. The number of amides is 1. The molecule has 0 aliphatic carbocycles. The number of rotatable bonds is 4. The van der Waals surface area contributed by atoms with Gasteiger partial charge in [0.15, 0.2) is 0 Å². The highest BCUT2D eigenvalue weighted by molar-refractivity contribution is 7.80. The van der Waals surface area contributed by atoms with Crippen LogP contribution in [0.15, 0.2) is 60.7 Å². The Balaban J connectivity index is 2.06. The molecule has 0 fully saturated rings. The van der Waals surface area contributed by atoms with Gasteiger partial charge in [-0.25, -0.2) is 4.79 Å². The van der Waals surface area contributed by atoms with E-state index in [0.717, 1.165) is 5.56 Å². The fraction of sp³-hybridized carbons (Fsp3) is 0.0667. The third kappa shape index (κ3) is 3.80. The van der Waals surface area contributed by atoms with Crippen molar-refractivity contribution < 1.29 is 9.53 Å². The highest BCUT2D eigenvalue weighted by atomic mass is 32.1. The molecule has 102 valence electrons. The van der Waals surface area contributed by atoms with E-state index < -0.39 is 12.1 Å². The molecule has 2 aromatic rings. The molecule has 20 heavy (non-hydrogen) atoms. The average Bonchev–Trinajstić information content (AvgIpc) is 2.46. The van der Waals surface area contributed by atoms with Crippen molar-refractivity contribution in [1.29, 1.82) is 0 Å². The van der Waals surface area contributed by atoms with Crippen molar-refractivity contribution in [3.05, 3.63) is 66.2 Å². The summed E-state index contributed by atoms with van der Waals surface area (Å²) in [6.07, 6.45) is -0.599. The summed E-state index contributed by atoms with van der Waals surface area (Å²) in [7, 11) is 0. The van der Waals surface area contributed by atoms with Crippen LogP contribution in [0.25, 0.3) is 0 Å². The number of thiocarbonyl (C=S) groups is 1. The fourth-order valence-corrected chi connectivity index (χ4v) is 1.90. The van der Waals surface area contributed by atoms with Crippen molar-refractivity contribution in [3.63, 3.8) is 0 Å². The summed E-state index contributed by atoms with van der Waals surface area (Å²) in [4.78, 5) is 12.0. The molecule has 1 unspecified atom stereocenters. The number of nitrogens with two attached hydrogens (primary N) is 1. The molecule has 1 atom stereocenters. The Hall–Kier alpha value is -2.40. The zero-order valence-corrected chi connectivity index (χ0v) is 11.5. The van der Waals surface area contributed by atoms with Gasteiger partial charge in [0.05, 0.1) is 0 Å². The molecule has 0 radical (unpaired) electrons. The molecule has 5 heteroatoms. The molecule has 0 saturated heterocycles. The lowest BCUT2D eigenvalue weighted by molar-refractivity contribution is 0.199. The maximum atomic E-state index is 11.9. The van der Waals surface area contributed by atoms with Gasteiger partial charge in [-0.2, -0.15) is 0 Å². The summed E-state index contributed by atoms with van der Waals surface area (Å²) < 4.78 is 5.15. The van der Waals surface area contributed by atoms with Crippen molar-refractivity contribution in [2.24, 2.45) is 5.73 Å². The van der Waals surface area contributed by atoms with Crippen LogP contribution in [-0.2, 0) is 0 Å². The highest BCUT2D eigenvalue weighted by Crippen LogP contribution is 2.14. The molecule has 0 saturated carbocycles. The number of hydrogen-bond donors (Lipinski definition) is 2. The summed E-state index contributed by atoms with van der Waals surface area (Å²) in [5.74, 6) is 0.458. The molecule has 0 aliphatic rings. The molecule has 0 aliphatic heterocycles. The van der Waals surface area contributed by atoms with E-state index in [4.69, 9.17) is 22.7 Å². The molecule has 2 rings (SSSR count). The van der Waals surface area contributed by atoms with Gasteiger partial charge < -0.3 is 15.8 Å². The Morgan fingerprint density at radius 3 is 2.15 bits per heavy atom. The van der Waals surface area contributed by atoms with Gasteiger partial charge in [-0.15, -0.1) is 0 Å². The number of nitrogens with one attached hydrogen (secondary N) is 1. The number of hydrogen-bond acceptors (Lipinski definition) is 3. The van der Waals surface area contributed by atoms with Gasteiger partial charge in [-0.05, 0) is 17.7 Å². The molecule has 0 bridgehead atoms. The maximum Gasteiger partial charge on any atom is 0.413 e. The second-order valence-electron chi connectivity index (χ2n) is 4.09. The Morgan fingerprint density at radius 2 is 1.60 bits per heavy atom. The minimum Gasteiger partial charge on any atom is -0.410 e. The zero-order chi connectivity index (χ0) is 14.4. The molecule has 0 aromatic heterocycles. The number of benzene rings is 2. The first-order valence-corrected chi connectivity index (χ1v) is 6.45. The molecule has 0 spiro atoms. The van der Waals surface area contributed by atoms with Crippen molar-refractivity contribution in [3.8, 4) is 5.75 Å². The van der Waals surface area contributed by atoms with Gasteiger partial charge in [0.2, 0.25) is 0 Å². The van der Waals surface area contributed by atoms with Crippen LogP contribution < -0.4 is 15.8 Å². The largest absolute Gasteiger partial charge is 0.413 e. The first-order valence-electron chi connectivity index (χ1n) is 6.04. The first-order chi connectivity index (χ1) is 9.66. The van der Waals surface area contributed by atoms with Crippen LogP contribution in [0, 0.1) is 0 Å². The molecule has 4 nitrogen and oxygen atoms in total. The molecular formula is C15H14N2O2S. The molecular weight excluding hydrogens is 272 g/mol. The van der Waals surface area contributed by atoms with E-state index in [9.17, 15) is 4.79 Å². The standard InChI is InChI=1S/C15H14N2O2S/c16-14(20)13(11-7-3-1-4-8-11)17-15(18)19-12-9-5-2-6-10-12/h1-10,13H,(H2,16,20)(H,17,18). The predicted octanol–water partition coefficient (Wildman–Crippen LogP) is 2.80. The van der Waals surface area contributed by atoms with Crippen molar-refractivity contribution in [2.75, 3.05) is 0 Å². The van der Waals surface area contributed by atoms with Crippen molar-refractivity contribution in [1.82, 2.24) is 5.32 Å². The normalized spacial score (nSPS) is 11.4. The van der Waals surface area contributed by atoms with Crippen LogP contribution >= 0.6 is 12.2 Å². The second kappa shape index (κ2) is 6.68. The SMILES string of the molecule is NC(=S)C(NC(=O)Oc1ccccc1)c1ccccc1. The van der Waals surface area contributed by atoms with Crippen LogP contribution in [-0.4, -0.2) is 11.1 Å². The van der Waals surface area contributed by atoms with Gasteiger partial charge >= 0.3 is 6.09 Å². The van der Waals surface area contributed by atoms with Crippen LogP contribution in [0.5, 0.6) is 5.75 Å². The Kier molecular flexibility index (Phi) is 4.68. The Bertz CT molecular complexity index is 587. The van der Waals surface area contributed by atoms with Gasteiger partial charge in [-0.3, -0.25) is 0 Å². The summed E-state index contributed by atoms with van der Waals surface area (Å²) in [5.41, 5.74) is 6.48.